The molecule has 1 aliphatic carbocycles. The predicted octanol–water partition coefficient (Wildman–Crippen LogP) is 4.92. The van der Waals surface area contributed by atoms with Crippen molar-refractivity contribution in [3.05, 3.63) is 56.3 Å². The van der Waals surface area contributed by atoms with Crippen LogP contribution in [0.25, 0.3) is 0 Å². The Hall–Kier alpha value is -0.610. The van der Waals surface area contributed by atoms with Crippen LogP contribution in [0.15, 0.2) is 66.1 Å². The van der Waals surface area contributed by atoms with Crippen molar-refractivity contribution in [2.24, 2.45) is 0 Å². The molecule has 0 aromatic heterocycles. The largest absolute Gasteiger partial charge is 0.287 e. The van der Waals surface area contributed by atoms with Crippen molar-refractivity contribution in [2.75, 3.05) is 0 Å². The third kappa shape index (κ3) is 2.16. The maximum absolute atomic E-state index is 11.5. The van der Waals surface area contributed by atoms with Crippen LogP contribution in [0.4, 0.5) is 0 Å². The van der Waals surface area contributed by atoms with E-state index in [9.17, 15) is 4.79 Å². The molecule has 90 valence electrons. The molecule has 5 heteroatoms. The van der Waals surface area contributed by atoms with E-state index >= 15 is 0 Å². The van der Waals surface area contributed by atoms with E-state index in [2.05, 4.69) is 12.1 Å². The summed E-state index contributed by atoms with van der Waals surface area (Å²) in [7, 11) is 0. The van der Waals surface area contributed by atoms with Gasteiger partial charge in [-0.1, -0.05) is 58.9 Å². The molecule has 1 aliphatic heterocycles. The Kier molecular flexibility index (Phi) is 3.32. The van der Waals surface area contributed by atoms with Crippen LogP contribution in [-0.4, -0.2) is 5.78 Å². The zero-order chi connectivity index (χ0) is 12.7. The number of halogens is 2. The zero-order valence-electron chi connectivity index (χ0n) is 8.94. The van der Waals surface area contributed by atoms with E-state index < -0.39 is 0 Å². The van der Waals surface area contributed by atoms with E-state index in [0.717, 1.165) is 9.81 Å². The second kappa shape index (κ2) is 4.82. The van der Waals surface area contributed by atoms with E-state index in [1.165, 1.54) is 9.79 Å². The van der Waals surface area contributed by atoms with E-state index in [-0.39, 0.29) is 15.8 Å². The van der Waals surface area contributed by atoms with Crippen molar-refractivity contribution in [3.63, 3.8) is 0 Å². The number of benzene rings is 1. The molecule has 0 spiro atoms. The summed E-state index contributed by atoms with van der Waals surface area (Å²) in [6, 6.07) is 8.17. The minimum atomic E-state index is -0.312. The van der Waals surface area contributed by atoms with Gasteiger partial charge in [0.2, 0.25) is 5.78 Å². The molecule has 3 rings (SSSR count). The molecule has 0 unspecified atom stereocenters. The van der Waals surface area contributed by atoms with Gasteiger partial charge in [-0.2, -0.15) is 0 Å². The molecule has 1 aromatic carbocycles. The van der Waals surface area contributed by atoms with E-state index in [0.29, 0.717) is 0 Å². The first-order valence-electron chi connectivity index (χ1n) is 5.13. The molecule has 0 saturated carbocycles. The lowest BCUT2D eigenvalue weighted by Crippen LogP contribution is -2.03. The first-order valence-corrected chi connectivity index (χ1v) is 7.52. The van der Waals surface area contributed by atoms with Crippen LogP contribution >= 0.6 is 46.7 Å². The first kappa shape index (κ1) is 12.4. The summed E-state index contributed by atoms with van der Waals surface area (Å²) >= 11 is 15.1. The van der Waals surface area contributed by atoms with Gasteiger partial charge in [-0.15, -0.1) is 0 Å². The van der Waals surface area contributed by atoms with Crippen LogP contribution in [0.2, 0.25) is 0 Å². The van der Waals surface area contributed by atoms with Crippen LogP contribution in [0.5, 0.6) is 0 Å². The highest BCUT2D eigenvalue weighted by molar-refractivity contribution is 8.24. The number of hydrogen-bond donors (Lipinski definition) is 0. The molecule has 0 fully saturated rings. The molecule has 0 atom stereocenters. The smallest absolute Gasteiger partial charge is 0.215 e. The second-order valence-corrected chi connectivity index (χ2v) is 6.88. The highest BCUT2D eigenvalue weighted by atomic mass is 35.5. The van der Waals surface area contributed by atoms with E-state index in [4.69, 9.17) is 23.2 Å². The number of carbonyl (C=O) groups excluding carboxylic acids is 1. The van der Waals surface area contributed by atoms with Gasteiger partial charge in [-0.25, -0.2) is 0 Å². The van der Waals surface area contributed by atoms with Gasteiger partial charge in [0.25, 0.3) is 0 Å². The maximum atomic E-state index is 11.5. The molecule has 1 nitrogen and oxygen atoms in total. The summed E-state index contributed by atoms with van der Waals surface area (Å²) in [6.07, 6.45) is 3.36. The van der Waals surface area contributed by atoms with Gasteiger partial charge >= 0.3 is 0 Å². The fourth-order valence-corrected chi connectivity index (χ4v) is 4.58. The molecule has 1 aromatic rings. The molecule has 0 N–H and O–H groups in total. The number of allylic oxidation sites excluding steroid dienone is 5. The molecule has 1 heterocycles. The Bertz CT molecular complexity index is 593. The Balaban J connectivity index is 2.03. The molecular formula is C13H6Cl2OS2. The van der Waals surface area contributed by atoms with Gasteiger partial charge < -0.3 is 0 Å². The molecular weight excluding hydrogens is 307 g/mol. The lowest BCUT2D eigenvalue weighted by molar-refractivity contribution is -0.111. The predicted molar refractivity (Wildman–Crippen MR) is 78.1 cm³/mol. The molecule has 0 amide bonds. The van der Waals surface area contributed by atoms with Crippen molar-refractivity contribution >= 4 is 52.5 Å². The van der Waals surface area contributed by atoms with Crippen molar-refractivity contribution < 1.29 is 4.79 Å². The Labute approximate surface area is 123 Å². The lowest BCUT2D eigenvalue weighted by Gasteiger charge is -2.08. The highest BCUT2D eigenvalue weighted by Gasteiger charge is 2.23. The fourth-order valence-electron chi connectivity index (χ4n) is 1.63. The summed E-state index contributed by atoms with van der Waals surface area (Å²) in [6.45, 7) is 0. The minimum Gasteiger partial charge on any atom is -0.287 e. The van der Waals surface area contributed by atoms with Gasteiger partial charge in [0.1, 0.15) is 0 Å². The standard InChI is InChI=1S/C13H6Cl2OS2/c14-8-5-7(6-9(15)12(8)16)13-17-10-3-1-2-4-11(10)18-13/h1-6H. The first-order chi connectivity index (χ1) is 8.65. The number of ketones is 1. The minimum absolute atomic E-state index is 0.169. The number of rotatable bonds is 0. The third-order valence-electron chi connectivity index (χ3n) is 2.49. The van der Waals surface area contributed by atoms with Gasteiger partial charge in [0, 0.05) is 9.79 Å². The van der Waals surface area contributed by atoms with Crippen molar-refractivity contribution in [2.45, 2.75) is 9.79 Å². The van der Waals surface area contributed by atoms with Crippen molar-refractivity contribution in [3.8, 4) is 0 Å². The summed E-state index contributed by atoms with van der Waals surface area (Å²) in [4.78, 5) is 13.9. The van der Waals surface area contributed by atoms with Gasteiger partial charge in [0.05, 0.1) is 14.3 Å². The van der Waals surface area contributed by atoms with E-state index in [1.54, 1.807) is 35.7 Å². The monoisotopic (exact) mass is 312 g/mol. The third-order valence-corrected chi connectivity index (χ3v) is 5.67. The molecule has 18 heavy (non-hydrogen) atoms. The Morgan fingerprint density at radius 3 is 1.89 bits per heavy atom. The van der Waals surface area contributed by atoms with Crippen LogP contribution in [0.1, 0.15) is 0 Å². The van der Waals surface area contributed by atoms with Crippen molar-refractivity contribution in [1.29, 1.82) is 0 Å². The Morgan fingerprint density at radius 2 is 1.39 bits per heavy atom. The number of thioether (sulfide) groups is 2. The fraction of sp³-hybridized carbons (Fsp3) is 0. The molecule has 0 bridgehead atoms. The van der Waals surface area contributed by atoms with Gasteiger partial charge in [-0.3, -0.25) is 4.79 Å². The average Bonchev–Trinajstić information content (AvgIpc) is 2.79. The van der Waals surface area contributed by atoms with Crippen molar-refractivity contribution in [1.82, 2.24) is 0 Å². The van der Waals surface area contributed by atoms with Gasteiger partial charge in [0.15, 0.2) is 0 Å². The summed E-state index contributed by atoms with van der Waals surface area (Å²) in [5.41, 5.74) is 0.899. The quantitative estimate of drug-likeness (QED) is 0.676. The summed E-state index contributed by atoms with van der Waals surface area (Å²) in [5.74, 6) is -0.312. The van der Waals surface area contributed by atoms with E-state index in [1.807, 2.05) is 12.1 Å². The van der Waals surface area contributed by atoms with Gasteiger partial charge in [-0.05, 0) is 29.9 Å². The maximum Gasteiger partial charge on any atom is 0.215 e. The number of hydrogen-bond acceptors (Lipinski definition) is 3. The average molecular weight is 313 g/mol. The summed E-state index contributed by atoms with van der Waals surface area (Å²) < 4.78 is 1.10. The summed E-state index contributed by atoms with van der Waals surface area (Å²) in [5, 5.41) is 0.337. The van der Waals surface area contributed by atoms with Crippen LogP contribution in [0.3, 0.4) is 0 Å². The topological polar surface area (TPSA) is 17.1 Å². The molecule has 0 saturated heterocycles. The second-order valence-electron chi connectivity index (χ2n) is 3.71. The SMILES string of the molecule is O=C1C(Cl)=CC(=C2Sc3ccccc3S2)C=C1Cl. The van der Waals surface area contributed by atoms with Crippen LogP contribution in [-0.2, 0) is 4.79 Å². The van der Waals surface area contributed by atoms with Crippen LogP contribution < -0.4 is 0 Å². The molecule has 0 radical (unpaired) electrons. The Morgan fingerprint density at radius 1 is 0.889 bits per heavy atom. The number of Topliss-reactive ketones (excluding diaryl/α,β-unsaturated/α-hetero) is 1. The number of fused-ring (bicyclic) bond motifs is 1. The lowest BCUT2D eigenvalue weighted by atomic mass is 10.1. The molecule has 2 aliphatic rings. The van der Waals surface area contributed by atoms with Crippen LogP contribution in [0, 0.1) is 0 Å². The highest BCUT2D eigenvalue weighted by Crippen LogP contribution is 2.53. The number of carbonyl (C=O) groups is 1. The normalized spacial score (nSPS) is 18.7. The zero-order valence-corrected chi connectivity index (χ0v) is 12.1.